The number of carbonyl (C=O) groups excluding carboxylic acids is 1. The highest BCUT2D eigenvalue weighted by Crippen LogP contribution is 2.16. The summed E-state index contributed by atoms with van der Waals surface area (Å²) in [5.41, 5.74) is 2.26. The Balaban J connectivity index is 2.11. The maximum atomic E-state index is 11.6. The molecule has 0 aliphatic carbocycles. The number of esters is 1. The standard InChI is InChI=1S/C14H13BrN2O2/c1-19-14(18)12-6-7-16-9-13(12)17-8-10-2-4-11(15)5-3-10/h2-7,9,17H,8H2,1H3. The van der Waals surface area contributed by atoms with Gasteiger partial charge >= 0.3 is 5.97 Å². The average molecular weight is 321 g/mol. The van der Waals surface area contributed by atoms with Crippen LogP contribution in [-0.2, 0) is 11.3 Å². The van der Waals surface area contributed by atoms with E-state index in [2.05, 4.69) is 26.2 Å². The molecule has 1 N–H and O–H groups in total. The summed E-state index contributed by atoms with van der Waals surface area (Å²) in [5.74, 6) is -0.374. The third-order valence-electron chi connectivity index (χ3n) is 2.62. The zero-order chi connectivity index (χ0) is 13.7. The van der Waals surface area contributed by atoms with Crippen molar-refractivity contribution in [2.45, 2.75) is 6.54 Å². The molecule has 0 saturated carbocycles. The van der Waals surface area contributed by atoms with Crippen LogP contribution in [0.15, 0.2) is 47.2 Å². The number of rotatable bonds is 4. The van der Waals surface area contributed by atoms with Crippen LogP contribution in [0.5, 0.6) is 0 Å². The Hall–Kier alpha value is -1.88. The molecule has 1 heterocycles. The molecule has 0 amide bonds. The van der Waals surface area contributed by atoms with Gasteiger partial charge in [-0.25, -0.2) is 4.79 Å². The van der Waals surface area contributed by atoms with Gasteiger partial charge in [-0.2, -0.15) is 0 Å². The van der Waals surface area contributed by atoms with E-state index in [0.717, 1.165) is 10.0 Å². The zero-order valence-corrected chi connectivity index (χ0v) is 12.0. The topological polar surface area (TPSA) is 51.2 Å². The first-order valence-corrected chi connectivity index (χ1v) is 6.50. The van der Waals surface area contributed by atoms with Crippen molar-refractivity contribution in [3.05, 3.63) is 58.3 Å². The van der Waals surface area contributed by atoms with Crippen LogP contribution < -0.4 is 5.32 Å². The van der Waals surface area contributed by atoms with Gasteiger partial charge in [0.15, 0.2) is 0 Å². The molecule has 1 aromatic heterocycles. The largest absolute Gasteiger partial charge is 0.465 e. The molecule has 0 bridgehead atoms. The maximum absolute atomic E-state index is 11.6. The number of halogens is 1. The zero-order valence-electron chi connectivity index (χ0n) is 10.4. The van der Waals surface area contributed by atoms with Crippen molar-refractivity contribution in [2.24, 2.45) is 0 Å². The lowest BCUT2D eigenvalue weighted by Gasteiger charge is -2.10. The van der Waals surface area contributed by atoms with E-state index in [-0.39, 0.29) is 5.97 Å². The Bertz CT molecular complexity index is 570. The average Bonchev–Trinajstić information content (AvgIpc) is 2.46. The Kier molecular flexibility index (Phi) is 4.52. The van der Waals surface area contributed by atoms with E-state index in [9.17, 15) is 4.79 Å². The van der Waals surface area contributed by atoms with Crippen LogP contribution in [0.25, 0.3) is 0 Å². The lowest BCUT2D eigenvalue weighted by atomic mass is 10.2. The van der Waals surface area contributed by atoms with Gasteiger partial charge in [-0.1, -0.05) is 28.1 Å². The summed E-state index contributed by atoms with van der Waals surface area (Å²) in [6, 6.07) is 9.59. The third kappa shape index (κ3) is 3.54. The molecule has 98 valence electrons. The van der Waals surface area contributed by atoms with Gasteiger partial charge in [0, 0.05) is 17.2 Å². The van der Waals surface area contributed by atoms with Gasteiger partial charge in [-0.3, -0.25) is 4.98 Å². The first kappa shape index (κ1) is 13.5. The van der Waals surface area contributed by atoms with Gasteiger partial charge in [0.2, 0.25) is 0 Å². The van der Waals surface area contributed by atoms with Gasteiger partial charge in [0.25, 0.3) is 0 Å². The molecule has 1 aromatic carbocycles. The molecule has 2 aromatic rings. The van der Waals surface area contributed by atoms with E-state index < -0.39 is 0 Å². The molecule has 0 radical (unpaired) electrons. The number of benzene rings is 1. The van der Waals surface area contributed by atoms with E-state index in [4.69, 9.17) is 4.74 Å². The number of aromatic nitrogens is 1. The summed E-state index contributed by atoms with van der Waals surface area (Å²) in [7, 11) is 1.36. The maximum Gasteiger partial charge on any atom is 0.340 e. The van der Waals surface area contributed by atoms with Crippen LogP contribution in [0.1, 0.15) is 15.9 Å². The number of carbonyl (C=O) groups is 1. The number of hydrogen-bond acceptors (Lipinski definition) is 4. The summed E-state index contributed by atoms with van der Waals surface area (Å²) < 4.78 is 5.77. The van der Waals surface area contributed by atoms with Gasteiger partial charge in [0.05, 0.1) is 24.6 Å². The molecular weight excluding hydrogens is 308 g/mol. The SMILES string of the molecule is COC(=O)c1ccncc1NCc1ccc(Br)cc1. The van der Waals surface area contributed by atoms with Crippen molar-refractivity contribution in [2.75, 3.05) is 12.4 Å². The molecule has 0 atom stereocenters. The van der Waals surface area contributed by atoms with Crippen LogP contribution in [0.2, 0.25) is 0 Å². The highest BCUT2D eigenvalue weighted by atomic mass is 79.9. The molecule has 0 unspecified atom stereocenters. The molecule has 0 aliphatic heterocycles. The van der Waals surface area contributed by atoms with Crippen molar-refractivity contribution >= 4 is 27.6 Å². The summed E-state index contributed by atoms with van der Waals surface area (Å²) in [4.78, 5) is 15.6. The van der Waals surface area contributed by atoms with Gasteiger partial charge in [0.1, 0.15) is 0 Å². The number of nitrogens with zero attached hydrogens (tertiary/aromatic N) is 1. The van der Waals surface area contributed by atoms with Crippen molar-refractivity contribution in [1.82, 2.24) is 4.98 Å². The summed E-state index contributed by atoms with van der Waals surface area (Å²) >= 11 is 3.39. The van der Waals surface area contributed by atoms with Crippen LogP contribution in [-0.4, -0.2) is 18.1 Å². The van der Waals surface area contributed by atoms with E-state index in [0.29, 0.717) is 17.8 Å². The molecule has 5 heteroatoms. The van der Waals surface area contributed by atoms with Crippen LogP contribution >= 0.6 is 15.9 Å². The van der Waals surface area contributed by atoms with E-state index in [1.54, 1.807) is 18.5 Å². The number of methoxy groups -OCH3 is 1. The second-order valence-electron chi connectivity index (χ2n) is 3.89. The first-order chi connectivity index (χ1) is 9.20. The normalized spacial score (nSPS) is 10.0. The molecular formula is C14H13BrN2O2. The molecule has 0 spiro atoms. The fourth-order valence-electron chi connectivity index (χ4n) is 1.62. The number of pyridine rings is 1. The Labute approximate surface area is 119 Å². The molecule has 4 nitrogen and oxygen atoms in total. The first-order valence-electron chi connectivity index (χ1n) is 5.71. The van der Waals surface area contributed by atoms with Crippen molar-refractivity contribution < 1.29 is 9.53 Å². The van der Waals surface area contributed by atoms with Crippen molar-refractivity contribution in [3.63, 3.8) is 0 Å². The number of ether oxygens (including phenoxy) is 1. The molecule has 0 aliphatic rings. The van der Waals surface area contributed by atoms with Crippen molar-refractivity contribution in [3.8, 4) is 0 Å². The number of anilines is 1. The van der Waals surface area contributed by atoms with Crippen molar-refractivity contribution in [1.29, 1.82) is 0 Å². The van der Waals surface area contributed by atoms with Crippen LogP contribution in [0.3, 0.4) is 0 Å². The lowest BCUT2D eigenvalue weighted by Crippen LogP contribution is -2.08. The predicted octanol–water partition coefficient (Wildman–Crippen LogP) is 3.24. The summed E-state index contributed by atoms with van der Waals surface area (Å²) in [6.07, 6.45) is 3.18. The lowest BCUT2D eigenvalue weighted by molar-refractivity contribution is 0.0601. The third-order valence-corrected chi connectivity index (χ3v) is 3.15. The van der Waals surface area contributed by atoms with Gasteiger partial charge < -0.3 is 10.1 Å². The summed E-state index contributed by atoms with van der Waals surface area (Å²) in [6.45, 7) is 0.614. The Morgan fingerprint density at radius 2 is 2.05 bits per heavy atom. The number of nitrogens with one attached hydrogen (secondary N) is 1. The highest BCUT2D eigenvalue weighted by Gasteiger charge is 2.10. The second kappa shape index (κ2) is 6.33. The van der Waals surface area contributed by atoms with E-state index >= 15 is 0 Å². The predicted molar refractivity (Wildman–Crippen MR) is 77.0 cm³/mol. The monoisotopic (exact) mass is 320 g/mol. The summed E-state index contributed by atoms with van der Waals surface area (Å²) in [5, 5.41) is 3.19. The van der Waals surface area contributed by atoms with E-state index in [1.165, 1.54) is 7.11 Å². The number of hydrogen-bond donors (Lipinski definition) is 1. The van der Waals surface area contributed by atoms with Gasteiger partial charge in [-0.15, -0.1) is 0 Å². The molecule has 19 heavy (non-hydrogen) atoms. The van der Waals surface area contributed by atoms with E-state index in [1.807, 2.05) is 24.3 Å². The minimum atomic E-state index is -0.374. The smallest absolute Gasteiger partial charge is 0.340 e. The highest BCUT2D eigenvalue weighted by molar-refractivity contribution is 9.10. The molecule has 0 saturated heterocycles. The fourth-order valence-corrected chi connectivity index (χ4v) is 1.89. The molecule has 2 rings (SSSR count). The Morgan fingerprint density at radius 1 is 1.32 bits per heavy atom. The molecule has 0 fully saturated rings. The minimum Gasteiger partial charge on any atom is -0.465 e. The van der Waals surface area contributed by atoms with Crippen LogP contribution in [0.4, 0.5) is 5.69 Å². The quantitative estimate of drug-likeness (QED) is 0.879. The second-order valence-corrected chi connectivity index (χ2v) is 4.81. The van der Waals surface area contributed by atoms with Crippen LogP contribution in [0, 0.1) is 0 Å². The Morgan fingerprint density at radius 3 is 2.74 bits per heavy atom. The fraction of sp³-hybridized carbons (Fsp3) is 0.143. The van der Waals surface area contributed by atoms with Gasteiger partial charge in [-0.05, 0) is 23.8 Å². The minimum absolute atomic E-state index is 0.374.